The van der Waals surface area contributed by atoms with E-state index in [4.69, 9.17) is 0 Å². The molecule has 1 rings (SSSR count). The lowest BCUT2D eigenvalue weighted by Crippen LogP contribution is -2.38. The second-order valence-corrected chi connectivity index (χ2v) is 6.34. The number of rotatable bonds is 9. The molecule has 0 atom stereocenters. The van der Waals surface area contributed by atoms with Gasteiger partial charge < -0.3 is 5.32 Å². The van der Waals surface area contributed by atoms with Crippen molar-refractivity contribution in [2.45, 2.75) is 71.6 Å². The second kappa shape index (κ2) is 8.46. The van der Waals surface area contributed by atoms with Crippen molar-refractivity contribution >= 4 is 0 Å². The fourth-order valence-electron chi connectivity index (χ4n) is 3.24. The van der Waals surface area contributed by atoms with Gasteiger partial charge in [0.15, 0.2) is 0 Å². The second-order valence-electron chi connectivity index (χ2n) is 6.34. The summed E-state index contributed by atoms with van der Waals surface area (Å²) in [6.45, 7) is 13.5. The largest absolute Gasteiger partial charge is 0.316 e. The van der Waals surface area contributed by atoms with E-state index in [1.165, 1.54) is 36.8 Å². The molecule has 0 aromatic heterocycles. The van der Waals surface area contributed by atoms with Gasteiger partial charge in [-0.1, -0.05) is 71.7 Å². The highest BCUT2D eigenvalue weighted by Crippen LogP contribution is 2.34. The molecule has 0 unspecified atom stereocenters. The maximum atomic E-state index is 3.59. The van der Waals surface area contributed by atoms with Crippen LogP contribution in [-0.4, -0.2) is 13.1 Å². The van der Waals surface area contributed by atoms with E-state index in [2.05, 4.69) is 64.2 Å². The van der Waals surface area contributed by atoms with E-state index in [1.807, 2.05) is 0 Å². The lowest BCUT2D eigenvalue weighted by atomic mass is 9.73. The lowest BCUT2D eigenvalue weighted by molar-refractivity contribution is 0.338. The Bertz CT molecular complexity index is 358. The van der Waals surface area contributed by atoms with Crippen LogP contribution in [0.2, 0.25) is 0 Å². The van der Waals surface area contributed by atoms with E-state index in [0.29, 0.717) is 11.3 Å². The van der Waals surface area contributed by atoms with Crippen LogP contribution in [0, 0.1) is 0 Å². The number of hydrogen-bond acceptors (Lipinski definition) is 1. The average Bonchev–Trinajstić information content (AvgIpc) is 2.45. The first kappa shape index (κ1) is 17.2. The van der Waals surface area contributed by atoms with E-state index in [0.717, 1.165) is 13.1 Å². The fourth-order valence-corrected chi connectivity index (χ4v) is 3.24. The zero-order chi connectivity index (χ0) is 15.0. The molecule has 0 amide bonds. The third-order valence-electron chi connectivity index (χ3n) is 4.36. The molecule has 0 aliphatic carbocycles. The quantitative estimate of drug-likeness (QED) is 0.648. The standard InChI is InChI=1S/C19H33N/c1-6-13-19(14-7-2,15-20-8-3)18-11-9-17(10-12-18)16(4)5/h9-12,16,20H,6-8,13-15H2,1-5H3. The zero-order valence-corrected chi connectivity index (χ0v) is 14.1. The van der Waals surface area contributed by atoms with Crippen molar-refractivity contribution in [2.75, 3.05) is 13.1 Å². The van der Waals surface area contributed by atoms with Gasteiger partial charge in [-0.2, -0.15) is 0 Å². The summed E-state index contributed by atoms with van der Waals surface area (Å²) in [5.74, 6) is 0.615. The average molecular weight is 275 g/mol. The van der Waals surface area contributed by atoms with Gasteiger partial charge in [-0.3, -0.25) is 0 Å². The first-order chi connectivity index (χ1) is 9.59. The molecule has 1 heteroatoms. The van der Waals surface area contributed by atoms with Gasteiger partial charge in [0.25, 0.3) is 0 Å². The molecule has 0 radical (unpaired) electrons. The van der Waals surface area contributed by atoms with Crippen LogP contribution in [0.1, 0.15) is 77.3 Å². The summed E-state index contributed by atoms with van der Waals surface area (Å²) < 4.78 is 0. The maximum Gasteiger partial charge on any atom is 0.00775 e. The van der Waals surface area contributed by atoms with Crippen molar-refractivity contribution < 1.29 is 0 Å². The van der Waals surface area contributed by atoms with Gasteiger partial charge in [-0.15, -0.1) is 0 Å². The summed E-state index contributed by atoms with van der Waals surface area (Å²) >= 11 is 0. The highest BCUT2D eigenvalue weighted by atomic mass is 14.9. The molecule has 0 aliphatic rings. The van der Waals surface area contributed by atoms with Gasteiger partial charge in [-0.05, 0) is 36.4 Å². The van der Waals surface area contributed by atoms with Crippen LogP contribution >= 0.6 is 0 Å². The Morgan fingerprint density at radius 3 is 1.90 bits per heavy atom. The van der Waals surface area contributed by atoms with Gasteiger partial charge >= 0.3 is 0 Å². The zero-order valence-electron chi connectivity index (χ0n) is 14.1. The summed E-state index contributed by atoms with van der Waals surface area (Å²) in [6.07, 6.45) is 5.04. The summed E-state index contributed by atoms with van der Waals surface area (Å²) in [5, 5.41) is 3.59. The Kier molecular flexibility index (Phi) is 7.29. The van der Waals surface area contributed by atoms with Gasteiger partial charge in [0.1, 0.15) is 0 Å². The summed E-state index contributed by atoms with van der Waals surface area (Å²) in [6, 6.07) is 9.40. The van der Waals surface area contributed by atoms with E-state index in [9.17, 15) is 0 Å². The number of nitrogens with one attached hydrogen (secondary N) is 1. The Balaban J connectivity index is 3.05. The van der Waals surface area contributed by atoms with Crippen LogP contribution in [-0.2, 0) is 5.41 Å². The molecule has 114 valence electrons. The normalized spacial score (nSPS) is 12.1. The van der Waals surface area contributed by atoms with Crippen molar-refractivity contribution in [2.24, 2.45) is 0 Å². The molecule has 0 spiro atoms. The third kappa shape index (κ3) is 4.34. The minimum Gasteiger partial charge on any atom is -0.316 e. The van der Waals surface area contributed by atoms with Gasteiger partial charge in [-0.25, -0.2) is 0 Å². The number of benzene rings is 1. The summed E-state index contributed by atoms with van der Waals surface area (Å²) in [5.41, 5.74) is 3.28. The molecular formula is C19H33N. The van der Waals surface area contributed by atoms with Crippen LogP contribution < -0.4 is 5.32 Å². The van der Waals surface area contributed by atoms with Crippen molar-refractivity contribution in [3.8, 4) is 0 Å². The summed E-state index contributed by atoms with van der Waals surface area (Å²) in [4.78, 5) is 0. The predicted octanol–water partition coefficient (Wildman–Crippen LogP) is 5.26. The Labute approximate surface area is 126 Å². The fraction of sp³-hybridized carbons (Fsp3) is 0.684. The van der Waals surface area contributed by atoms with Crippen LogP contribution in [0.25, 0.3) is 0 Å². The number of hydrogen-bond donors (Lipinski definition) is 1. The highest BCUT2D eigenvalue weighted by Gasteiger charge is 2.29. The van der Waals surface area contributed by atoms with Crippen LogP contribution in [0.3, 0.4) is 0 Å². The Morgan fingerprint density at radius 1 is 0.950 bits per heavy atom. The maximum absolute atomic E-state index is 3.59. The van der Waals surface area contributed by atoms with Crippen LogP contribution in [0.15, 0.2) is 24.3 Å². The van der Waals surface area contributed by atoms with Crippen molar-refractivity contribution in [1.82, 2.24) is 5.32 Å². The molecular weight excluding hydrogens is 242 g/mol. The molecule has 0 fully saturated rings. The van der Waals surface area contributed by atoms with Gasteiger partial charge in [0.05, 0.1) is 0 Å². The minimum absolute atomic E-state index is 0.315. The molecule has 0 aliphatic heterocycles. The monoisotopic (exact) mass is 275 g/mol. The lowest BCUT2D eigenvalue weighted by Gasteiger charge is -2.35. The van der Waals surface area contributed by atoms with E-state index >= 15 is 0 Å². The molecule has 0 bridgehead atoms. The molecule has 0 saturated carbocycles. The molecule has 1 nitrogen and oxygen atoms in total. The topological polar surface area (TPSA) is 12.0 Å². The highest BCUT2D eigenvalue weighted by molar-refractivity contribution is 5.31. The minimum atomic E-state index is 0.315. The van der Waals surface area contributed by atoms with Crippen molar-refractivity contribution in [1.29, 1.82) is 0 Å². The molecule has 20 heavy (non-hydrogen) atoms. The smallest absolute Gasteiger partial charge is 0.00775 e. The Morgan fingerprint density at radius 2 is 1.50 bits per heavy atom. The molecule has 1 aromatic rings. The SMILES string of the molecule is CCCC(CCC)(CNCC)c1ccc(C(C)C)cc1. The molecule has 1 N–H and O–H groups in total. The summed E-state index contributed by atoms with van der Waals surface area (Å²) in [7, 11) is 0. The Hall–Kier alpha value is -0.820. The van der Waals surface area contributed by atoms with Crippen LogP contribution in [0.4, 0.5) is 0 Å². The number of likely N-dealkylation sites (N-methyl/N-ethyl adjacent to an activating group) is 1. The first-order valence-corrected chi connectivity index (χ1v) is 8.40. The molecule has 1 aromatic carbocycles. The van der Waals surface area contributed by atoms with E-state index in [1.54, 1.807) is 0 Å². The van der Waals surface area contributed by atoms with Crippen molar-refractivity contribution in [3.63, 3.8) is 0 Å². The van der Waals surface area contributed by atoms with Gasteiger partial charge in [0.2, 0.25) is 0 Å². The van der Waals surface area contributed by atoms with Crippen LogP contribution in [0.5, 0.6) is 0 Å². The molecule has 0 heterocycles. The first-order valence-electron chi connectivity index (χ1n) is 8.40. The predicted molar refractivity (Wildman–Crippen MR) is 90.6 cm³/mol. The van der Waals surface area contributed by atoms with E-state index < -0.39 is 0 Å². The van der Waals surface area contributed by atoms with Crippen molar-refractivity contribution in [3.05, 3.63) is 35.4 Å². The van der Waals surface area contributed by atoms with E-state index in [-0.39, 0.29) is 0 Å². The molecule has 0 saturated heterocycles. The third-order valence-corrected chi connectivity index (χ3v) is 4.36. The van der Waals surface area contributed by atoms with Gasteiger partial charge in [0, 0.05) is 12.0 Å².